The summed E-state index contributed by atoms with van der Waals surface area (Å²) in [5.74, 6) is 1.65. The van der Waals surface area contributed by atoms with Gasteiger partial charge in [0.15, 0.2) is 0 Å². The van der Waals surface area contributed by atoms with E-state index in [1.165, 1.54) is 18.9 Å². The lowest BCUT2D eigenvalue weighted by molar-refractivity contribution is 0.0597. The Morgan fingerprint density at radius 3 is 2.77 bits per heavy atom. The zero-order chi connectivity index (χ0) is 9.68. The number of hydrogen-bond acceptors (Lipinski definition) is 3. The summed E-state index contributed by atoms with van der Waals surface area (Å²) in [7, 11) is 1.39. The number of carbonyl (C=O) groups excluding carboxylic acids is 1. The highest BCUT2D eigenvalue weighted by Crippen LogP contribution is 2.24. The molecule has 0 fully saturated rings. The van der Waals surface area contributed by atoms with Gasteiger partial charge in [-0.3, -0.25) is 0 Å². The van der Waals surface area contributed by atoms with Crippen molar-refractivity contribution in [3.8, 4) is 0 Å². The van der Waals surface area contributed by atoms with Crippen molar-refractivity contribution in [2.45, 2.75) is 11.8 Å². The predicted octanol–water partition coefficient (Wildman–Crippen LogP) is 2.75. The van der Waals surface area contributed by atoms with Crippen LogP contribution in [0.4, 0.5) is 0 Å². The van der Waals surface area contributed by atoms with Crippen LogP contribution in [-0.4, -0.2) is 13.1 Å². The second-order valence-electron chi connectivity index (χ2n) is 2.34. The van der Waals surface area contributed by atoms with Crippen molar-refractivity contribution >= 4 is 17.7 Å². The molecule has 0 aliphatic heterocycles. The van der Waals surface area contributed by atoms with Crippen LogP contribution in [0.3, 0.4) is 0 Å². The average molecular weight is 195 g/mol. The van der Waals surface area contributed by atoms with Gasteiger partial charge in [-0.15, -0.1) is 11.8 Å². The monoisotopic (exact) mass is 195 g/mol. The summed E-state index contributed by atoms with van der Waals surface area (Å²) in [5, 5.41) is 0. The summed E-state index contributed by atoms with van der Waals surface area (Å²) < 4.78 is 4.66. The summed E-state index contributed by atoms with van der Waals surface area (Å²) in [6.07, 6.45) is 0. The van der Waals surface area contributed by atoms with Crippen LogP contribution in [0.25, 0.3) is 0 Å². The summed E-state index contributed by atoms with van der Waals surface area (Å²) >= 11 is 1.52. The molecule has 0 spiro atoms. The highest BCUT2D eigenvalue weighted by atomic mass is 32.2. The smallest absolute Gasteiger partial charge is 0.338 e. The van der Waals surface area contributed by atoms with Gasteiger partial charge in [0.25, 0.3) is 0 Å². The van der Waals surface area contributed by atoms with Crippen LogP contribution in [0.2, 0.25) is 0 Å². The zero-order valence-corrected chi connectivity index (χ0v) is 8.43. The Kier molecular flexibility index (Phi) is 3.83. The Balaban J connectivity index is 2.97. The van der Waals surface area contributed by atoms with Gasteiger partial charge < -0.3 is 4.74 Å². The molecule has 0 aromatic heterocycles. The molecule has 1 aromatic carbocycles. The number of ether oxygens (including phenoxy) is 1. The van der Waals surface area contributed by atoms with Crippen molar-refractivity contribution in [1.29, 1.82) is 0 Å². The third-order valence-electron chi connectivity index (χ3n) is 1.54. The third-order valence-corrected chi connectivity index (χ3v) is 2.38. The molecular weight excluding hydrogens is 184 g/mol. The van der Waals surface area contributed by atoms with Crippen molar-refractivity contribution in [1.82, 2.24) is 0 Å². The van der Waals surface area contributed by atoms with E-state index in [0.717, 1.165) is 4.90 Å². The molecule has 0 atom stereocenters. The van der Waals surface area contributed by atoms with Gasteiger partial charge in [-0.05, 0) is 12.1 Å². The number of benzene rings is 1. The summed E-state index contributed by atoms with van der Waals surface area (Å²) in [5.41, 5.74) is 0.619. The Morgan fingerprint density at radius 2 is 2.15 bits per heavy atom. The lowest BCUT2D eigenvalue weighted by atomic mass is 10.2. The molecule has 0 saturated heterocycles. The minimum atomic E-state index is -0.287. The number of rotatable bonds is 3. The van der Waals surface area contributed by atoms with Crippen LogP contribution >= 0.6 is 11.8 Å². The van der Waals surface area contributed by atoms with E-state index in [9.17, 15) is 4.79 Å². The Morgan fingerprint density at radius 1 is 1.46 bits per heavy atom. The summed E-state index contributed by atoms with van der Waals surface area (Å²) in [6.45, 7) is 1.93. The first-order chi connectivity index (χ1) is 6.29. The van der Waals surface area contributed by atoms with Crippen LogP contribution < -0.4 is 0 Å². The van der Waals surface area contributed by atoms with Gasteiger partial charge >= 0.3 is 5.97 Å². The molecule has 0 bridgehead atoms. The first-order valence-corrected chi connectivity index (χ1v) is 4.79. The van der Waals surface area contributed by atoms with Crippen LogP contribution in [0.1, 0.15) is 17.3 Å². The Labute approximate surface area is 82.3 Å². The highest BCUT2D eigenvalue weighted by Gasteiger charge is 2.09. The molecule has 0 heterocycles. The van der Waals surface area contributed by atoms with E-state index in [4.69, 9.17) is 0 Å². The molecule has 69 valence electrons. The number of methoxy groups -OCH3 is 1. The van der Waals surface area contributed by atoms with Crippen molar-refractivity contribution in [3.05, 3.63) is 35.6 Å². The van der Waals surface area contributed by atoms with Crippen molar-refractivity contribution in [2.75, 3.05) is 7.11 Å². The van der Waals surface area contributed by atoms with Crippen molar-refractivity contribution < 1.29 is 9.53 Å². The van der Waals surface area contributed by atoms with Gasteiger partial charge in [0.05, 0.1) is 12.7 Å². The predicted molar refractivity (Wildman–Crippen MR) is 53.6 cm³/mol. The normalized spacial score (nSPS) is 9.69. The third kappa shape index (κ3) is 2.49. The minimum absolute atomic E-state index is 0.287. The first kappa shape index (κ1) is 10.1. The molecular formula is C10H11O2S. The van der Waals surface area contributed by atoms with Crippen LogP contribution in [-0.2, 0) is 4.74 Å². The van der Waals surface area contributed by atoms with Gasteiger partial charge in [-0.1, -0.05) is 19.1 Å². The molecule has 1 aromatic rings. The van der Waals surface area contributed by atoms with Crippen molar-refractivity contribution in [3.63, 3.8) is 0 Å². The second kappa shape index (κ2) is 4.92. The van der Waals surface area contributed by atoms with Crippen LogP contribution in [0, 0.1) is 5.75 Å². The molecule has 0 unspecified atom stereocenters. The van der Waals surface area contributed by atoms with Gasteiger partial charge in [0.2, 0.25) is 0 Å². The number of esters is 1. The van der Waals surface area contributed by atoms with Crippen LogP contribution in [0.15, 0.2) is 29.2 Å². The molecule has 1 rings (SSSR count). The maximum Gasteiger partial charge on any atom is 0.338 e. The molecule has 0 aliphatic rings. The first-order valence-electron chi connectivity index (χ1n) is 3.91. The standard InChI is InChI=1S/C10H11O2S/c1-3-13-9-7-5-4-6-8(9)10(11)12-2/h3-7H,1-2H3. The molecule has 1 radical (unpaired) electrons. The molecule has 0 aliphatic carbocycles. The molecule has 0 N–H and O–H groups in total. The summed E-state index contributed by atoms with van der Waals surface area (Å²) in [4.78, 5) is 12.2. The quantitative estimate of drug-likeness (QED) is 0.548. The zero-order valence-electron chi connectivity index (χ0n) is 7.61. The van der Waals surface area contributed by atoms with E-state index >= 15 is 0 Å². The van der Waals surface area contributed by atoms with Crippen molar-refractivity contribution in [2.24, 2.45) is 0 Å². The Hall–Kier alpha value is -0.960. The largest absolute Gasteiger partial charge is 0.465 e. The highest BCUT2D eigenvalue weighted by molar-refractivity contribution is 8.01. The fourth-order valence-electron chi connectivity index (χ4n) is 0.975. The lowest BCUT2D eigenvalue weighted by Crippen LogP contribution is -2.02. The molecule has 0 amide bonds. The van der Waals surface area contributed by atoms with Gasteiger partial charge in [0.1, 0.15) is 0 Å². The molecule has 2 nitrogen and oxygen atoms in total. The van der Waals surface area contributed by atoms with E-state index in [1.807, 2.05) is 30.9 Å². The maximum atomic E-state index is 11.3. The topological polar surface area (TPSA) is 26.3 Å². The average Bonchev–Trinajstić information content (AvgIpc) is 2.18. The van der Waals surface area contributed by atoms with Gasteiger partial charge in [-0.25, -0.2) is 4.79 Å². The summed E-state index contributed by atoms with van der Waals surface area (Å²) in [6, 6.07) is 7.39. The van der Waals surface area contributed by atoms with E-state index in [2.05, 4.69) is 4.74 Å². The van der Waals surface area contributed by atoms with E-state index in [1.54, 1.807) is 6.07 Å². The maximum absolute atomic E-state index is 11.3. The van der Waals surface area contributed by atoms with Crippen LogP contribution in [0.5, 0.6) is 0 Å². The molecule has 13 heavy (non-hydrogen) atoms. The fraction of sp³-hybridized carbons (Fsp3) is 0.200. The number of thioether (sulfide) groups is 1. The van der Waals surface area contributed by atoms with E-state index < -0.39 is 0 Å². The molecule has 3 heteroatoms. The minimum Gasteiger partial charge on any atom is -0.465 e. The SMILES string of the molecule is C[CH]Sc1ccccc1C(=O)OC. The Bertz CT molecular complexity index is 297. The lowest BCUT2D eigenvalue weighted by Gasteiger charge is -2.04. The fourth-order valence-corrected chi connectivity index (χ4v) is 1.66. The number of hydrogen-bond donors (Lipinski definition) is 0. The second-order valence-corrected chi connectivity index (χ2v) is 3.49. The molecule has 0 saturated carbocycles. The van der Waals surface area contributed by atoms with Gasteiger partial charge in [-0.2, -0.15) is 0 Å². The van der Waals surface area contributed by atoms with E-state index in [-0.39, 0.29) is 5.97 Å². The van der Waals surface area contributed by atoms with E-state index in [0.29, 0.717) is 5.56 Å². The van der Waals surface area contributed by atoms with Gasteiger partial charge in [0, 0.05) is 10.6 Å². The number of carbonyl (C=O) groups is 1.